The Kier molecular flexibility index (Phi) is 2.78. The first kappa shape index (κ1) is 10.2. The van der Waals surface area contributed by atoms with Crippen LogP contribution >= 0.6 is 11.3 Å². The zero-order valence-electron chi connectivity index (χ0n) is 9.08. The first-order chi connectivity index (χ1) is 7.20. The number of nitrogens with two attached hydrogens (primary N) is 1. The minimum absolute atomic E-state index is 0.902. The third-order valence-corrected chi connectivity index (χ3v) is 3.45. The van der Waals surface area contributed by atoms with Crippen molar-refractivity contribution in [1.29, 1.82) is 0 Å². The fourth-order valence-corrected chi connectivity index (χ4v) is 2.40. The number of thiophene rings is 1. The zero-order valence-corrected chi connectivity index (χ0v) is 9.90. The van der Waals surface area contributed by atoms with Crippen LogP contribution in [-0.2, 0) is 6.42 Å². The van der Waals surface area contributed by atoms with Crippen LogP contribution in [0.2, 0.25) is 0 Å². The number of anilines is 1. The highest BCUT2D eigenvalue weighted by Gasteiger charge is 2.02. The van der Waals surface area contributed by atoms with Gasteiger partial charge in [0, 0.05) is 10.6 Å². The van der Waals surface area contributed by atoms with Gasteiger partial charge in [-0.1, -0.05) is 19.1 Å². The summed E-state index contributed by atoms with van der Waals surface area (Å²) < 4.78 is 0. The van der Waals surface area contributed by atoms with E-state index in [4.69, 9.17) is 5.73 Å². The van der Waals surface area contributed by atoms with Crippen molar-refractivity contribution in [2.45, 2.75) is 20.3 Å². The van der Waals surface area contributed by atoms with Crippen LogP contribution in [0.3, 0.4) is 0 Å². The van der Waals surface area contributed by atoms with E-state index in [0.717, 1.165) is 12.1 Å². The summed E-state index contributed by atoms with van der Waals surface area (Å²) >= 11 is 1.77. The lowest BCUT2D eigenvalue weighted by molar-refractivity contribution is 1.15. The van der Waals surface area contributed by atoms with Gasteiger partial charge in [0.05, 0.1) is 0 Å². The number of nitrogen functional groups attached to an aromatic ring is 1. The highest BCUT2D eigenvalue weighted by molar-refractivity contribution is 7.10. The van der Waals surface area contributed by atoms with Crippen molar-refractivity contribution < 1.29 is 0 Å². The number of rotatable bonds is 2. The van der Waals surface area contributed by atoms with Crippen molar-refractivity contribution in [3.05, 3.63) is 40.1 Å². The smallest absolute Gasteiger partial charge is 0.0352 e. The second kappa shape index (κ2) is 4.07. The van der Waals surface area contributed by atoms with E-state index in [0.29, 0.717) is 0 Å². The molecule has 0 spiro atoms. The molecule has 0 amide bonds. The lowest BCUT2D eigenvalue weighted by atomic mass is 10.0. The largest absolute Gasteiger partial charge is 0.398 e. The van der Waals surface area contributed by atoms with E-state index in [9.17, 15) is 0 Å². The first-order valence-electron chi connectivity index (χ1n) is 5.14. The second-order valence-electron chi connectivity index (χ2n) is 3.71. The summed E-state index contributed by atoms with van der Waals surface area (Å²) in [5.74, 6) is 0. The van der Waals surface area contributed by atoms with E-state index in [-0.39, 0.29) is 0 Å². The molecule has 0 atom stereocenters. The van der Waals surface area contributed by atoms with Gasteiger partial charge in [0.25, 0.3) is 0 Å². The molecular formula is C13H15NS. The summed E-state index contributed by atoms with van der Waals surface area (Å²) in [6.07, 6.45) is 0.995. The van der Waals surface area contributed by atoms with Gasteiger partial charge in [-0.3, -0.25) is 0 Å². The van der Waals surface area contributed by atoms with Crippen LogP contribution in [0.4, 0.5) is 5.69 Å². The molecule has 2 N–H and O–H groups in total. The summed E-state index contributed by atoms with van der Waals surface area (Å²) in [7, 11) is 0. The number of aryl methyl sites for hydroxylation is 2. The van der Waals surface area contributed by atoms with Crippen LogP contribution < -0.4 is 5.73 Å². The summed E-state index contributed by atoms with van der Waals surface area (Å²) in [6, 6.07) is 8.54. The van der Waals surface area contributed by atoms with Crippen LogP contribution in [-0.4, -0.2) is 0 Å². The second-order valence-corrected chi connectivity index (χ2v) is 4.83. The first-order valence-corrected chi connectivity index (χ1v) is 6.02. The minimum Gasteiger partial charge on any atom is -0.398 e. The Morgan fingerprint density at radius 2 is 2.00 bits per heavy atom. The number of hydrogen-bond donors (Lipinski definition) is 1. The molecule has 0 aliphatic rings. The monoisotopic (exact) mass is 217 g/mol. The molecule has 1 aromatic carbocycles. The Bertz CT molecular complexity index is 471. The molecule has 0 bridgehead atoms. The molecule has 0 aliphatic heterocycles. The molecule has 0 fully saturated rings. The molecule has 0 saturated heterocycles. The quantitative estimate of drug-likeness (QED) is 0.759. The van der Waals surface area contributed by atoms with Gasteiger partial charge >= 0.3 is 0 Å². The maximum Gasteiger partial charge on any atom is 0.0352 e. The molecule has 0 saturated carbocycles. The van der Waals surface area contributed by atoms with Gasteiger partial charge in [-0.05, 0) is 47.5 Å². The predicted molar refractivity (Wildman–Crippen MR) is 68.3 cm³/mol. The van der Waals surface area contributed by atoms with Crippen molar-refractivity contribution in [2.24, 2.45) is 0 Å². The summed E-state index contributed by atoms with van der Waals surface area (Å²) in [4.78, 5) is 1.34. The normalized spacial score (nSPS) is 10.5. The molecule has 2 rings (SSSR count). The fourth-order valence-electron chi connectivity index (χ4n) is 1.69. The molecule has 0 radical (unpaired) electrons. The molecule has 78 valence electrons. The van der Waals surface area contributed by atoms with E-state index in [2.05, 4.69) is 43.5 Å². The SMILES string of the molecule is CCc1ccc(-c2csc(C)c2)cc1N. The lowest BCUT2D eigenvalue weighted by Crippen LogP contribution is -1.92. The van der Waals surface area contributed by atoms with Crippen LogP contribution in [0.5, 0.6) is 0 Å². The standard InChI is InChI=1S/C13H15NS/c1-3-10-4-5-11(7-13(10)14)12-6-9(2)15-8-12/h4-8H,3,14H2,1-2H3. The van der Waals surface area contributed by atoms with Gasteiger partial charge < -0.3 is 5.73 Å². The van der Waals surface area contributed by atoms with E-state index in [1.165, 1.54) is 21.6 Å². The fraction of sp³-hybridized carbons (Fsp3) is 0.231. The minimum atomic E-state index is 0.902. The Hall–Kier alpha value is -1.28. The molecule has 1 nitrogen and oxygen atoms in total. The van der Waals surface area contributed by atoms with Gasteiger partial charge in [0.2, 0.25) is 0 Å². The maximum atomic E-state index is 5.98. The molecule has 1 heterocycles. The van der Waals surface area contributed by atoms with Crippen molar-refractivity contribution in [3.8, 4) is 11.1 Å². The highest BCUT2D eigenvalue weighted by Crippen LogP contribution is 2.27. The highest BCUT2D eigenvalue weighted by atomic mass is 32.1. The summed E-state index contributed by atoms with van der Waals surface area (Å²) in [6.45, 7) is 4.25. The summed E-state index contributed by atoms with van der Waals surface area (Å²) in [5, 5.41) is 2.18. The molecule has 0 unspecified atom stereocenters. The maximum absolute atomic E-state index is 5.98. The molecule has 15 heavy (non-hydrogen) atoms. The molecule has 2 heteroatoms. The summed E-state index contributed by atoms with van der Waals surface area (Å²) in [5.41, 5.74) is 10.6. The molecule has 1 aromatic heterocycles. The zero-order chi connectivity index (χ0) is 10.8. The van der Waals surface area contributed by atoms with Gasteiger partial charge in [0.1, 0.15) is 0 Å². The molecule has 2 aromatic rings. The number of benzene rings is 1. The average molecular weight is 217 g/mol. The third kappa shape index (κ3) is 2.05. The average Bonchev–Trinajstić information content (AvgIpc) is 2.65. The van der Waals surface area contributed by atoms with Gasteiger partial charge in [-0.25, -0.2) is 0 Å². The lowest BCUT2D eigenvalue weighted by Gasteiger charge is -2.05. The van der Waals surface area contributed by atoms with Crippen molar-refractivity contribution in [1.82, 2.24) is 0 Å². The van der Waals surface area contributed by atoms with Crippen LogP contribution in [0.15, 0.2) is 29.6 Å². The van der Waals surface area contributed by atoms with Crippen molar-refractivity contribution >= 4 is 17.0 Å². The van der Waals surface area contributed by atoms with E-state index >= 15 is 0 Å². The topological polar surface area (TPSA) is 26.0 Å². The van der Waals surface area contributed by atoms with Crippen LogP contribution in [0, 0.1) is 6.92 Å². The Balaban J connectivity index is 2.42. The molecular weight excluding hydrogens is 202 g/mol. The van der Waals surface area contributed by atoms with Gasteiger partial charge in [-0.2, -0.15) is 0 Å². The number of hydrogen-bond acceptors (Lipinski definition) is 2. The van der Waals surface area contributed by atoms with Crippen LogP contribution in [0.1, 0.15) is 17.4 Å². The Morgan fingerprint density at radius 3 is 2.53 bits per heavy atom. The predicted octanol–water partition coefficient (Wildman–Crippen LogP) is 3.87. The Morgan fingerprint density at radius 1 is 1.20 bits per heavy atom. The van der Waals surface area contributed by atoms with E-state index < -0.39 is 0 Å². The van der Waals surface area contributed by atoms with E-state index in [1.807, 2.05) is 0 Å². The van der Waals surface area contributed by atoms with E-state index in [1.54, 1.807) is 11.3 Å². The van der Waals surface area contributed by atoms with Crippen molar-refractivity contribution in [2.75, 3.05) is 5.73 Å². The van der Waals surface area contributed by atoms with Gasteiger partial charge in [0.15, 0.2) is 0 Å². The van der Waals surface area contributed by atoms with Gasteiger partial charge in [-0.15, -0.1) is 11.3 Å². The Labute approximate surface area is 94.6 Å². The van der Waals surface area contributed by atoms with Crippen molar-refractivity contribution in [3.63, 3.8) is 0 Å². The molecule has 0 aliphatic carbocycles. The third-order valence-electron chi connectivity index (χ3n) is 2.59. The van der Waals surface area contributed by atoms with Crippen LogP contribution in [0.25, 0.3) is 11.1 Å².